The van der Waals surface area contributed by atoms with Crippen molar-refractivity contribution in [1.29, 1.82) is 0 Å². The first kappa shape index (κ1) is 20.1. The van der Waals surface area contributed by atoms with Gasteiger partial charge in [0.25, 0.3) is 5.91 Å². The summed E-state index contributed by atoms with van der Waals surface area (Å²) in [7, 11) is 6.34. The van der Waals surface area contributed by atoms with Crippen molar-refractivity contribution < 1.29 is 19.0 Å². The first-order valence-electron chi connectivity index (χ1n) is 8.28. The molecular weight excluding hydrogens is 400 g/mol. The molecule has 2 aromatic rings. The highest BCUT2D eigenvalue weighted by molar-refractivity contribution is 8.18. The van der Waals surface area contributed by atoms with Crippen molar-refractivity contribution in [1.82, 2.24) is 4.90 Å². The van der Waals surface area contributed by atoms with Crippen LogP contribution in [0.15, 0.2) is 46.3 Å². The Morgan fingerprint density at radius 3 is 2.18 bits per heavy atom. The first-order chi connectivity index (χ1) is 13.5. The molecule has 3 rings (SSSR count). The van der Waals surface area contributed by atoms with Crippen LogP contribution in [0.1, 0.15) is 5.56 Å². The summed E-state index contributed by atoms with van der Waals surface area (Å²) in [4.78, 5) is 19.2. The zero-order valence-electron chi connectivity index (χ0n) is 15.9. The molecule has 28 heavy (non-hydrogen) atoms. The van der Waals surface area contributed by atoms with Gasteiger partial charge in [-0.3, -0.25) is 9.69 Å². The van der Waals surface area contributed by atoms with Crippen molar-refractivity contribution in [3.8, 4) is 17.2 Å². The van der Waals surface area contributed by atoms with Crippen molar-refractivity contribution in [2.45, 2.75) is 0 Å². The van der Waals surface area contributed by atoms with Gasteiger partial charge in [0.1, 0.15) is 0 Å². The number of hydrogen-bond acceptors (Lipinski definition) is 6. The molecule has 0 bridgehead atoms. The van der Waals surface area contributed by atoms with Gasteiger partial charge in [-0.25, -0.2) is 4.99 Å². The number of aliphatic imine (C=N–C) groups is 1. The molecule has 1 aliphatic rings. The number of ether oxygens (including phenoxy) is 3. The second-order valence-electron chi connectivity index (χ2n) is 5.80. The van der Waals surface area contributed by atoms with E-state index in [2.05, 4.69) is 4.99 Å². The molecule has 1 saturated heterocycles. The maximum Gasteiger partial charge on any atom is 0.266 e. The SMILES string of the molecule is COc1cc(/C=C2/SC(=Nc3ccc(Cl)cc3)N(C)C2=O)cc(OC)c1OC. The number of nitrogens with zero attached hydrogens (tertiary/aromatic N) is 2. The third-order valence-electron chi connectivity index (χ3n) is 4.04. The lowest BCUT2D eigenvalue weighted by Crippen LogP contribution is -2.23. The number of rotatable bonds is 5. The van der Waals surface area contributed by atoms with E-state index < -0.39 is 0 Å². The average molecular weight is 419 g/mol. The summed E-state index contributed by atoms with van der Waals surface area (Å²) in [5, 5.41) is 1.22. The van der Waals surface area contributed by atoms with Gasteiger partial charge in [0, 0.05) is 12.1 Å². The molecule has 0 N–H and O–H groups in total. The molecular formula is C20H19ClN2O4S. The highest BCUT2D eigenvalue weighted by atomic mass is 35.5. The molecule has 0 spiro atoms. The van der Waals surface area contributed by atoms with Crippen LogP contribution < -0.4 is 14.2 Å². The number of thioether (sulfide) groups is 1. The molecule has 146 valence electrons. The Balaban J connectivity index is 1.95. The fourth-order valence-electron chi connectivity index (χ4n) is 2.61. The van der Waals surface area contributed by atoms with Gasteiger partial charge < -0.3 is 14.2 Å². The fraction of sp³-hybridized carbons (Fsp3) is 0.200. The molecule has 8 heteroatoms. The van der Waals surface area contributed by atoms with Gasteiger partial charge in [-0.2, -0.15) is 0 Å². The van der Waals surface area contributed by atoms with Crippen LogP contribution in [0.3, 0.4) is 0 Å². The highest BCUT2D eigenvalue weighted by Gasteiger charge is 2.30. The van der Waals surface area contributed by atoms with Crippen LogP contribution in [0.2, 0.25) is 5.02 Å². The van der Waals surface area contributed by atoms with Crippen LogP contribution in [0.5, 0.6) is 17.2 Å². The van der Waals surface area contributed by atoms with E-state index in [0.717, 1.165) is 11.3 Å². The minimum absolute atomic E-state index is 0.133. The summed E-state index contributed by atoms with van der Waals surface area (Å²) in [5.41, 5.74) is 1.48. The van der Waals surface area contributed by atoms with Crippen LogP contribution >= 0.6 is 23.4 Å². The van der Waals surface area contributed by atoms with E-state index in [4.69, 9.17) is 25.8 Å². The monoisotopic (exact) mass is 418 g/mol. The molecule has 0 unspecified atom stereocenters. The van der Waals surface area contributed by atoms with Gasteiger partial charge in [-0.15, -0.1) is 0 Å². The number of benzene rings is 2. The van der Waals surface area contributed by atoms with Gasteiger partial charge in [0.15, 0.2) is 16.7 Å². The highest BCUT2D eigenvalue weighted by Crippen LogP contribution is 2.40. The lowest BCUT2D eigenvalue weighted by Gasteiger charge is -2.13. The van der Waals surface area contributed by atoms with Crippen molar-refractivity contribution in [2.24, 2.45) is 4.99 Å². The molecule has 6 nitrogen and oxygen atoms in total. The van der Waals surface area contributed by atoms with Crippen molar-refractivity contribution in [3.05, 3.63) is 51.9 Å². The predicted molar refractivity (Wildman–Crippen MR) is 113 cm³/mol. The molecule has 1 aliphatic heterocycles. The van der Waals surface area contributed by atoms with Gasteiger partial charge in [0.05, 0.1) is 31.9 Å². The van der Waals surface area contributed by atoms with Gasteiger partial charge in [0.2, 0.25) is 5.75 Å². The summed E-state index contributed by atoms with van der Waals surface area (Å²) < 4.78 is 16.1. The quantitative estimate of drug-likeness (QED) is 0.664. The molecule has 0 radical (unpaired) electrons. The summed E-state index contributed by atoms with van der Waals surface area (Å²) in [6.07, 6.45) is 1.78. The molecule has 1 amide bonds. The maximum absolute atomic E-state index is 12.6. The topological polar surface area (TPSA) is 60.4 Å². The molecule has 1 heterocycles. The maximum atomic E-state index is 12.6. The standard InChI is InChI=1S/C20H19ClN2O4S/c1-23-19(24)17(28-20(23)22-14-7-5-13(21)6-8-14)11-12-9-15(25-2)18(27-4)16(10-12)26-3/h5-11H,1-4H3/b17-11+,22-20?. The number of likely N-dealkylation sites (N-methyl/N-ethyl adjacent to an activating group) is 1. The fourth-order valence-corrected chi connectivity index (χ4v) is 3.73. The molecule has 0 aliphatic carbocycles. The van der Waals surface area contributed by atoms with Crippen molar-refractivity contribution in [3.63, 3.8) is 0 Å². The second-order valence-corrected chi connectivity index (χ2v) is 7.25. The number of hydrogen-bond donors (Lipinski definition) is 0. The summed E-state index contributed by atoms with van der Waals surface area (Å²) in [6.45, 7) is 0. The summed E-state index contributed by atoms with van der Waals surface area (Å²) >= 11 is 7.21. The van der Waals surface area contributed by atoms with Crippen molar-refractivity contribution >= 4 is 46.2 Å². The zero-order chi connectivity index (χ0) is 20.3. The Morgan fingerprint density at radius 1 is 1.04 bits per heavy atom. The van der Waals surface area contributed by atoms with Gasteiger partial charge in [-0.05, 0) is 59.8 Å². The number of carbonyl (C=O) groups is 1. The average Bonchev–Trinajstić information content (AvgIpc) is 2.96. The van der Waals surface area contributed by atoms with E-state index in [1.807, 2.05) is 0 Å². The van der Waals surface area contributed by atoms with Crippen molar-refractivity contribution in [2.75, 3.05) is 28.4 Å². The lowest BCUT2D eigenvalue weighted by atomic mass is 10.1. The molecule has 0 saturated carbocycles. The van der Waals surface area contributed by atoms with E-state index in [1.54, 1.807) is 70.9 Å². The predicted octanol–water partition coefficient (Wildman–Crippen LogP) is 4.60. The largest absolute Gasteiger partial charge is 0.493 e. The lowest BCUT2D eigenvalue weighted by molar-refractivity contribution is -0.121. The van der Waals surface area contributed by atoms with E-state index in [1.165, 1.54) is 16.7 Å². The number of halogens is 1. The number of methoxy groups -OCH3 is 3. The zero-order valence-corrected chi connectivity index (χ0v) is 17.4. The van der Waals surface area contributed by atoms with Crippen LogP contribution in [0.25, 0.3) is 6.08 Å². The van der Waals surface area contributed by atoms with Crippen LogP contribution in [-0.2, 0) is 4.79 Å². The minimum Gasteiger partial charge on any atom is -0.493 e. The van der Waals surface area contributed by atoms with Crippen LogP contribution in [0, 0.1) is 0 Å². The minimum atomic E-state index is -0.133. The molecule has 0 aromatic heterocycles. The summed E-state index contributed by atoms with van der Waals surface area (Å²) in [5.74, 6) is 1.41. The van der Waals surface area contributed by atoms with E-state index in [9.17, 15) is 4.79 Å². The Morgan fingerprint density at radius 2 is 1.64 bits per heavy atom. The Kier molecular flexibility index (Phi) is 6.16. The number of carbonyl (C=O) groups excluding carboxylic acids is 1. The Hall–Kier alpha value is -2.64. The molecule has 1 fully saturated rings. The number of amides is 1. The smallest absolute Gasteiger partial charge is 0.266 e. The van der Waals surface area contributed by atoms with E-state index in [0.29, 0.717) is 32.3 Å². The first-order valence-corrected chi connectivity index (χ1v) is 9.48. The van der Waals surface area contributed by atoms with E-state index >= 15 is 0 Å². The van der Waals surface area contributed by atoms with Crippen LogP contribution in [-0.4, -0.2) is 44.4 Å². The van der Waals surface area contributed by atoms with Gasteiger partial charge in [-0.1, -0.05) is 11.6 Å². The Labute approximate surface area is 172 Å². The summed E-state index contributed by atoms with van der Waals surface area (Å²) in [6, 6.07) is 10.7. The number of amidine groups is 1. The molecule has 2 aromatic carbocycles. The third-order valence-corrected chi connectivity index (χ3v) is 5.35. The van der Waals surface area contributed by atoms with Gasteiger partial charge >= 0.3 is 0 Å². The normalized spacial score (nSPS) is 16.8. The third kappa shape index (κ3) is 4.10. The van der Waals surface area contributed by atoms with E-state index in [-0.39, 0.29) is 5.91 Å². The Bertz CT molecular complexity index is 932. The molecule has 0 atom stereocenters. The van der Waals surface area contributed by atoms with Crippen LogP contribution in [0.4, 0.5) is 5.69 Å². The second kappa shape index (κ2) is 8.58.